The monoisotopic (exact) mass is 522 g/mol. The number of alkyl halides is 3. The SMILES string of the molecule is O=C1CO[C@H]2CCN(C(=O)N3CC4(C3)CN(S(=O)(=O)c3ccc(C(F)(F)F)c(Cl)c3)C4)C[C@H]2N1. The maximum Gasteiger partial charge on any atom is 0.417 e. The van der Waals surface area contributed by atoms with Crippen molar-refractivity contribution in [3.05, 3.63) is 28.8 Å². The fraction of sp³-hybridized carbons (Fsp3) is 0.600. The first-order valence-electron chi connectivity index (χ1n) is 10.7. The van der Waals surface area contributed by atoms with E-state index in [1.54, 1.807) is 9.80 Å². The molecule has 0 bridgehead atoms. The molecule has 186 valence electrons. The van der Waals surface area contributed by atoms with Gasteiger partial charge in [-0.25, -0.2) is 13.2 Å². The molecular formula is C20H22ClF3N4O5S. The molecule has 0 aliphatic carbocycles. The number of nitrogens with zero attached hydrogens (tertiary/aromatic N) is 3. The zero-order valence-corrected chi connectivity index (χ0v) is 19.4. The smallest absolute Gasteiger partial charge is 0.366 e. The number of carbonyl (C=O) groups is 2. The fourth-order valence-corrected chi connectivity index (χ4v) is 7.12. The summed E-state index contributed by atoms with van der Waals surface area (Å²) in [6, 6.07) is 1.98. The van der Waals surface area contributed by atoms with Crippen LogP contribution in [0.25, 0.3) is 0 Å². The maximum atomic E-state index is 12.9. The highest BCUT2D eigenvalue weighted by molar-refractivity contribution is 7.89. The van der Waals surface area contributed by atoms with Crippen molar-refractivity contribution in [1.82, 2.24) is 19.4 Å². The van der Waals surface area contributed by atoms with Crippen molar-refractivity contribution in [2.24, 2.45) is 5.41 Å². The maximum absolute atomic E-state index is 12.9. The number of hydrogen-bond acceptors (Lipinski definition) is 5. The average Bonchev–Trinajstić information content (AvgIpc) is 2.69. The normalized spacial score (nSPS) is 27.0. The van der Waals surface area contributed by atoms with E-state index in [0.29, 0.717) is 38.7 Å². The quantitative estimate of drug-likeness (QED) is 0.632. The van der Waals surface area contributed by atoms with E-state index in [1.807, 2.05) is 0 Å². The zero-order chi connectivity index (χ0) is 24.5. The Hall–Kier alpha value is -2.09. The molecule has 0 saturated carbocycles. The van der Waals surface area contributed by atoms with E-state index in [2.05, 4.69) is 5.32 Å². The van der Waals surface area contributed by atoms with Gasteiger partial charge >= 0.3 is 12.2 Å². The van der Waals surface area contributed by atoms with Crippen LogP contribution < -0.4 is 5.32 Å². The molecule has 1 aromatic rings. The van der Waals surface area contributed by atoms with Gasteiger partial charge in [-0.3, -0.25) is 4.79 Å². The molecular weight excluding hydrogens is 501 g/mol. The molecule has 4 fully saturated rings. The van der Waals surface area contributed by atoms with Gasteiger partial charge in [0.1, 0.15) is 6.61 Å². The molecule has 14 heteroatoms. The van der Waals surface area contributed by atoms with E-state index in [9.17, 15) is 31.2 Å². The first kappa shape index (κ1) is 23.6. The lowest BCUT2D eigenvalue weighted by atomic mass is 9.74. The number of fused-ring (bicyclic) bond motifs is 1. The van der Waals surface area contributed by atoms with Crippen LogP contribution >= 0.6 is 11.6 Å². The van der Waals surface area contributed by atoms with E-state index < -0.39 is 26.8 Å². The van der Waals surface area contributed by atoms with Crippen LogP contribution in [0.2, 0.25) is 5.02 Å². The number of amides is 3. The average molecular weight is 523 g/mol. The Morgan fingerprint density at radius 1 is 1.18 bits per heavy atom. The van der Waals surface area contributed by atoms with Crippen molar-refractivity contribution in [2.45, 2.75) is 29.6 Å². The third kappa shape index (κ3) is 4.01. The first-order chi connectivity index (χ1) is 15.9. The van der Waals surface area contributed by atoms with Gasteiger partial charge in [0.25, 0.3) is 0 Å². The summed E-state index contributed by atoms with van der Waals surface area (Å²) in [6.07, 6.45) is -4.15. The van der Waals surface area contributed by atoms with Gasteiger partial charge in [0.15, 0.2) is 0 Å². The van der Waals surface area contributed by atoms with E-state index in [4.69, 9.17) is 16.3 Å². The molecule has 1 N–H and O–H groups in total. The van der Waals surface area contributed by atoms with Gasteiger partial charge in [-0.05, 0) is 24.6 Å². The van der Waals surface area contributed by atoms with Gasteiger partial charge in [-0.2, -0.15) is 17.5 Å². The van der Waals surface area contributed by atoms with Crippen LogP contribution in [0.1, 0.15) is 12.0 Å². The number of ether oxygens (including phenoxy) is 1. The summed E-state index contributed by atoms with van der Waals surface area (Å²) in [7, 11) is -4.00. The summed E-state index contributed by atoms with van der Waals surface area (Å²) in [4.78, 5) is 27.4. The molecule has 1 aromatic carbocycles. The van der Waals surface area contributed by atoms with Gasteiger partial charge in [-0.1, -0.05) is 11.6 Å². The number of morpholine rings is 1. The molecule has 34 heavy (non-hydrogen) atoms. The lowest BCUT2D eigenvalue weighted by Crippen LogP contribution is -2.75. The number of rotatable bonds is 2. The van der Waals surface area contributed by atoms with Crippen molar-refractivity contribution in [1.29, 1.82) is 0 Å². The van der Waals surface area contributed by atoms with Crippen molar-refractivity contribution in [3.8, 4) is 0 Å². The molecule has 4 heterocycles. The Labute approximate surface area is 198 Å². The van der Waals surface area contributed by atoms with Gasteiger partial charge in [0, 0.05) is 44.7 Å². The summed E-state index contributed by atoms with van der Waals surface area (Å²) in [5.41, 5.74) is -1.46. The van der Waals surface area contributed by atoms with Crippen LogP contribution in [0.15, 0.2) is 23.1 Å². The highest BCUT2D eigenvalue weighted by Crippen LogP contribution is 2.43. The van der Waals surface area contributed by atoms with E-state index >= 15 is 0 Å². The Morgan fingerprint density at radius 2 is 1.88 bits per heavy atom. The Balaban J connectivity index is 1.17. The third-order valence-corrected chi connectivity index (χ3v) is 8.93. The summed E-state index contributed by atoms with van der Waals surface area (Å²) < 4.78 is 71.0. The molecule has 0 unspecified atom stereocenters. The van der Waals surface area contributed by atoms with Crippen molar-refractivity contribution in [2.75, 3.05) is 45.9 Å². The van der Waals surface area contributed by atoms with E-state index in [0.717, 1.165) is 12.1 Å². The van der Waals surface area contributed by atoms with Gasteiger partial charge in [0.2, 0.25) is 15.9 Å². The number of nitrogens with one attached hydrogen (secondary N) is 1. The molecule has 3 amide bonds. The molecule has 4 saturated heterocycles. The van der Waals surface area contributed by atoms with Crippen molar-refractivity contribution < 1.29 is 35.9 Å². The highest BCUT2D eigenvalue weighted by atomic mass is 35.5. The summed E-state index contributed by atoms with van der Waals surface area (Å²) in [5.74, 6) is -0.205. The second-order valence-electron chi connectivity index (χ2n) is 9.31. The largest absolute Gasteiger partial charge is 0.417 e. The Bertz CT molecular complexity index is 1130. The molecule has 9 nitrogen and oxygen atoms in total. The number of sulfonamides is 1. The van der Waals surface area contributed by atoms with Crippen molar-refractivity contribution in [3.63, 3.8) is 0 Å². The third-order valence-electron chi connectivity index (χ3n) is 6.83. The number of urea groups is 1. The molecule has 5 rings (SSSR count). The minimum absolute atomic E-state index is 0.0296. The lowest BCUT2D eigenvalue weighted by Gasteiger charge is -2.60. The lowest BCUT2D eigenvalue weighted by molar-refractivity contribution is -0.140. The topological polar surface area (TPSA) is 99.3 Å². The Morgan fingerprint density at radius 3 is 2.53 bits per heavy atom. The predicted molar refractivity (Wildman–Crippen MR) is 112 cm³/mol. The van der Waals surface area contributed by atoms with Crippen LogP contribution in [0.5, 0.6) is 0 Å². The van der Waals surface area contributed by atoms with Gasteiger partial charge < -0.3 is 19.9 Å². The second kappa shape index (κ2) is 7.97. The molecule has 0 aromatic heterocycles. The van der Waals surface area contributed by atoms with E-state index in [-0.39, 0.29) is 54.1 Å². The number of benzene rings is 1. The summed E-state index contributed by atoms with van der Waals surface area (Å²) in [6.45, 7) is 2.02. The highest BCUT2D eigenvalue weighted by Gasteiger charge is 2.57. The minimum Gasteiger partial charge on any atom is -0.366 e. The molecule has 4 aliphatic rings. The van der Waals surface area contributed by atoms with Crippen LogP contribution in [0.3, 0.4) is 0 Å². The van der Waals surface area contributed by atoms with Crippen LogP contribution in [-0.2, 0) is 25.7 Å². The number of halogens is 4. The number of piperidine rings is 1. The van der Waals surface area contributed by atoms with Crippen molar-refractivity contribution >= 4 is 33.6 Å². The molecule has 2 atom stereocenters. The number of hydrogen-bond donors (Lipinski definition) is 1. The van der Waals surface area contributed by atoms with Crippen LogP contribution in [0, 0.1) is 5.41 Å². The molecule has 1 spiro atoms. The molecule has 4 aliphatic heterocycles. The number of carbonyl (C=O) groups excluding carboxylic acids is 2. The van der Waals surface area contributed by atoms with Crippen LogP contribution in [0.4, 0.5) is 18.0 Å². The van der Waals surface area contributed by atoms with E-state index in [1.165, 1.54) is 4.31 Å². The summed E-state index contributed by atoms with van der Waals surface area (Å²) in [5, 5.41) is 2.18. The Kier molecular flexibility index (Phi) is 5.54. The molecule has 0 radical (unpaired) electrons. The second-order valence-corrected chi connectivity index (χ2v) is 11.7. The number of likely N-dealkylation sites (tertiary alicyclic amines) is 2. The minimum atomic E-state index is -4.67. The fourth-order valence-electron chi connectivity index (χ4n) is 5.08. The van der Waals surface area contributed by atoms with Gasteiger partial charge in [0.05, 0.1) is 27.6 Å². The first-order valence-corrected chi connectivity index (χ1v) is 12.5. The van der Waals surface area contributed by atoms with Crippen LogP contribution in [-0.4, -0.2) is 92.5 Å². The zero-order valence-electron chi connectivity index (χ0n) is 17.8. The van der Waals surface area contributed by atoms with Gasteiger partial charge in [-0.15, -0.1) is 0 Å². The predicted octanol–water partition coefficient (Wildman–Crippen LogP) is 1.37. The summed E-state index contributed by atoms with van der Waals surface area (Å²) >= 11 is 5.68. The standard InChI is InChI=1S/C20H22ClF3N4O5S/c21-14-5-12(1-2-13(14)20(22,23)24)34(31,32)28-10-19(11-28)8-27(9-19)18(30)26-4-3-16-15(6-26)25-17(29)7-33-16/h1-2,5,15-16H,3-4,6-11H2,(H,25,29)/t15-,16+/m1/s1.